The summed E-state index contributed by atoms with van der Waals surface area (Å²) in [5.74, 6) is -0.775. The number of ether oxygens (including phenoxy) is 2. The first-order valence-electron chi connectivity index (χ1n) is 8.85. The van der Waals surface area contributed by atoms with E-state index in [-0.39, 0.29) is 38.4 Å². The predicted molar refractivity (Wildman–Crippen MR) is 110 cm³/mol. The first-order chi connectivity index (χ1) is 13.8. The molecule has 1 aromatic carbocycles. The van der Waals surface area contributed by atoms with Crippen LogP contribution >= 0.6 is 15.9 Å². The van der Waals surface area contributed by atoms with Crippen LogP contribution in [0, 0.1) is 0 Å². The minimum Gasteiger partial charge on any atom is -0.465 e. The summed E-state index contributed by atoms with van der Waals surface area (Å²) in [7, 11) is -1.44. The molecule has 29 heavy (non-hydrogen) atoms. The van der Waals surface area contributed by atoms with E-state index in [1.54, 1.807) is 6.92 Å². The lowest BCUT2D eigenvalue weighted by atomic mass is 10.0. The monoisotopic (exact) mass is 485 g/mol. The molecule has 1 saturated heterocycles. The van der Waals surface area contributed by atoms with Gasteiger partial charge in [-0.15, -0.1) is 0 Å². The molecule has 0 atom stereocenters. The van der Waals surface area contributed by atoms with E-state index in [0.29, 0.717) is 19.8 Å². The van der Waals surface area contributed by atoms with Gasteiger partial charge in [0.15, 0.2) is 0 Å². The number of H-pyrrole nitrogens is 1. The summed E-state index contributed by atoms with van der Waals surface area (Å²) in [6, 6.07) is 2.80. The van der Waals surface area contributed by atoms with E-state index in [1.165, 1.54) is 30.1 Å². The van der Waals surface area contributed by atoms with E-state index in [0.717, 1.165) is 0 Å². The molecule has 0 aliphatic carbocycles. The molecule has 1 aromatic heterocycles. The molecule has 0 amide bonds. The smallest absolute Gasteiger partial charge is 0.340 e. The van der Waals surface area contributed by atoms with Gasteiger partial charge in [-0.2, -0.15) is 4.36 Å². The Morgan fingerprint density at radius 3 is 2.52 bits per heavy atom. The number of hydrogen-bond donors (Lipinski definition) is 1. The number of carbonyl (C=O) groups is 2. The Labute approximate surface area is 175 Å². The van der Waals surface area contributed by atoms with Crippen molar-refractivity contribution >= 4 is 43.1 Å². The highest BCUT2D eigenvalue weighted by molar-refractivity contribution is 9.10. The highest BCUT2D eigenvalue weighted by atomic mass is 79.9. The first-order valence-corrected chi connectivity index (χ1v) is 11.5. The molecular weight excluding hydrogens is 466 g/mol. The number of rotatable bonds is 5. The zero-order chi connectivity index (χ0) is 21.2. The number of nitrogens with zero attached hydrogens (tertiary/aromatic N) is 2. The topological polar surface area (TPSA) is 120 Å². The van der Waals surface area contributed by atoms with Gasteiger partial charge in [0.25, 0.3) is 5.56 Å². The summed E-state index contributed by atoms with van der Waals surface area (Å²) in [4.78, 5) is 37.5. The van der Waals surface area contributed by atoms with Crippen molar-refractivity contribution in [3.05, 3.63) is 49.8 Å². The van der Waals surface area contributed by atoms with Gasteiger partial charge in [0.1, 0.15) is 11.3 Å². The first kappa shape index (κ1) is 21.5. The van der Waals surface area contributed by atoms with Gasteiger partial charge in [-0.25, -0.2) is 9.00 Å². The number of halogens is 1. The number of aryl methyl sites for hydroxylation is 1. The van der Waals surface area contributed by atoms with Crippen LogP contribution in [0.4, 0.5) is 5.69 Å². The van der Waals surface area contributed by atoms with Crippen LogP contribution in [0.3, 0.4) is 0 Å². The molecule has 11 heteroatoms. The molecular formula is C18H20BrN3O6S. The Balaban J connectivity index is 2.18. The van der Waals surface area contributed by atoms with Crippen molar-refractivity contribution in [2.24, 2.45) is 4.36 Å². The Bertz CT molecular complexity index is 1130. The number of benzene rings is 1. The standard InChI is InChI=1S/C18H20BrN3O6S/c1-3-22-17(24)13(10-20-22)16(23)11-4-5-12(18(25)27-2)15(14(11)19)21-29(26)8-6-28-7-9-29/h4-5,10,20H,3,6-9H2,1-2H3. The molecule has 0 saturated carbocycles. The van der Waals surface area contributed by atoms with Crippen LogP contribution in [0.15, 0.2) is 32.0 Å². The number of hydrogen-bond acceptors (Lipinski definition) is 7. The zero-order valence-electron chi connectivity index (χ0n) is 15.9. The van der Waals surface area contributed by atoms with Crippen molar-refractivity contribution < 1.29 is 23.3 Å². The molecule has 1 aliphatic rings. The Morgan fingerprint density at radius 2 is 1.93 bits per heavy atom. The quantitative estimate of drug-likeness (QED) is 0.511. The maximum atomic E-state index is 13.1. The second-order valence-corrected chi connectivity index (χ2v) is 9.60. The lowest BCUT2D eigenvalue weighted by Gasteiger charge is -2.17. The average Bonchev–Trinajstić information content (AvgIpc) is 3.09. The van der Waals surface area contributed by atoms with E-state index in [1.807, 2.05) is 0 Å². The normalized spacial score (nSPS) is 15.7. The van der Waals surface area contributed by atoms with Gasteiger partial charge < -0.3 is 14.6 Å². The van der Waals surface area contributed by atoms with Crippen LogP contribution in [0.2, 0.25) is 0 Å². The molecule has 2 aromatic rings. The summed E-state index contributed by atoms with van der Waals surface area (Å²) in [5, 5.41) is 2.73. The summed E-state index contributed by atoms with van der Waals surface area (Å²) in [6.45, 7) is 2.76. The van der Waals surface area contributed by atoms with Gasteiger partial charge in [-0.3, -0.25) is 14.3 Å². The lowest BCUT2D eigenvalue weighted by molar-refractivity contribution is 0.0601. The van der Waals surface area contributed by atoms with Gasteiger partial charge in [-0.1, -0.05) is 0 Å². The molecule has 1 N–H and O–H groups in total. The van der Waals surface area contributed by atoms with Crippen LogP contribution in [0.1, 0.15) is 33.2 Å². The number of ketones is 1. The Kier molecular flexibility index (Phi) is 6.39. The second-order valence-electron chi connectivity index (χ2n) is 6.26. The number of aromatic amines is 1. The van der Waals surface area contributed by atoms with Crippen LogP contribution in [-0.2, 0) is 25.7 Å². The number of methoxy groups -OCH3 is 1. The van der Waals surface area contributed by atoms with Crippen molar-refractivity contribution in [1.82, 2.24) is 9.78 Å². The zero-order valence-corrected chi connectivity index (χ0v) is 18.3. The molecule has 3 rings (SSSR count). The minimum absolute atomic E-state index is 0.0421. The van der Waals surface area contributed by atoms with Gasteiger partial charge >= 0.3 is 5.97 Å². The molecule has 2 heterocycles. The van der Waals surface area contributed by atoms with Gasteiger partial charge in [0, 0.05) is 18.3 Å². The number of carbonyl (C=O) groups excluding carboxylic acids is 2. The summed E-state index contributed by atoms with van der Waals surface area (Å²) >= 11 is 3.33. The molecule has 0 unspecified atom stereocenters. The predicted octanol–water partition coefficient (Wildman–Crippen LogP) is 2.11. The number of nitrogens with one attached hydrogen (secondary N) is 1. The van der Waals surface area contributed by atoms with Gasteiger partial charge in [0.2, 0.25) is 5.78 Å². The fourth-order valence-corrected chi connectivity index (χ4v) is 5.29. The molecule has 0 radical (unpaired) electrons. The van der Waals surface area contributed by atoms with Crippen molar-refractivity contribution in [3.63, 3.8) is 0 Å². The Morgan fingerprint density at radius 1 is 1.28 bits per heavy atom. The maximum Gasteiger partial charge on any atom is 0.340 e. The molecule has 9 nitrogen and oxygen atoms in total. The van der Waals surface area contributed by atoms with Crippen LogP contribution in [-0.4, -0.2) is 57.6 Å². The van der Waals surface area contributed by atoms with E-state index in [4.69, 9.17) is 9.47 Å². The third kappa shape index (κ3) is 4.21. The number of aromatic nitrogens is 2. The summed E-state index contributed by atoms with van der Waals surface area (Å²) in [5.41, 5.74) is -0.216. The largest absolute Gasteiger partial charge is 0.465 e. The van der Waals surface area contributed by atoms with Gasteiger partial charge in [0.05, 0.1) is 51.6 Å². The molecule has 0 bridgehead atoms. The Hall–Kier alpha value is -2.24. The highest BCUT2D eigenvalue weighted by Gasteiger charge is 2.25. The third-order valence-corrected chi connectivity index (χ3v) is 7.45. The van der Waals surface area contributed by atoms with Crippen molar-refractivity contribution in [1.29, 1.82) is 0 Å². The minimum atomic E-state index is -2.67. The summed E-state index contributed by atoms with van der Waals surface area (Å²) in [6.07, 6.45) is 1.34. The van der Waals surface area contributed by atoms with Crippen LogP contribution < -0.4 is 5.56 Å². The number of esters is 1. The highest BCUT2D eigenvalue weighted by Crippen LogP contribution is 2.36. The second kappa shape index (κ2) is 8.64. The molecule has 1 aliphatic heterocycles. The lowest BCUT2D eigenvalue weighted by Crippen LogP contribution is -2.25. The molecule has 0 spiro atoms. The molecule has 156 valence electrons. The van der Waals surface area contributed by atoms with Crippen molar-refractivity contribution in [2.75, 3.05) is 31.8 Å². The SMILES string of the molecule is CCn1[nH]cc(C(=O)c2ccc(C(=O)OC)c(N=S3(=O)CCOCC3)c2Br)c1=O. The van der Waals surface area contributed by atoms with Gasteiger partial charge in [-0.05, 0) is 35.0 Å². The fourth-order valence-electron chi connectivity index (χ4n) is 2.89. The van der Waals surface area contributed by atoms with E-state index < -0.39 is 27.0 Å². The van der Waals surface area contributed by atoms with Crippen LogP contribution in [0.25, 0.3) is 0 Å². The fraction of sp³-hybridized carbons (Fsp3) is 0.389. The maximum absolute atomic E-state index is 13.1. The third-order valence-electron chi connectivity index (χ3n) is 4.52. The van der Waals surface area contributed by atoms with Crippen LogP contribution in [0.5, 0.6) is 0 Å². The van der Waals surface area contributed by atoms with E-state index in [9.17, 15) is 18.6 Å². The molecule has 1 fully saturated rings. The van der Waals surface area contributed by atoms with Crippen molar-refractivity contribution in [2.45, 2.75) is 13.5 Å². The summed E-state index contributed by atoms with van der Waals surface area (Å²) < 4.78 is 28.9. The average molecular weight is 486 g/mol. The van der Waals surface area contributed by atoms with E-state index >= 15 is 0 Å². The van der Waals surface area contributed by atoms with Crippen molar-refractivity contribution in [3.8, 4) is 0 Å². The van der Waals surface area contributed by atoms with E-state index in [2.05, 4.69) is 25.4 Å².